The summed E-state index contributed by atoms with van der Waals surface area (Å²) in [5.41, 5.74) is 0.0573. The standard InChI is InChI=1S/C9H8F4O3/c10-8(11)15-6-2-1-5(4-14)7(3-6)16-9(12)13/h1-3,8-9,14H,4H2. The molecule has 1 N–H and O–H groups in total. The highest BCUT2D eigenvalue weighted by atomic mass is 19.3. The number of alkyl halides is 4. The largest absolute Gasteiger partial charge is 0.435 e. The van der Waals surface area contributed by atoms with Crippen molar-refractivity contribution in [3.05, 3.63) is 23.8 Å². The molecule has 7 heteroatoms. The Hall–Kier alpha value is -1.50. The molecule has 16 heavy (non-hydrogen) atoms. The SMILES string of the molecule is OCc1ccc(OC(F)F)cc1OC(F)F. The van der Waals surface area contributed by atoms with Crippen LogP contribution in [0, 0.1) is 0 Å². The quantitative estimate of drug-likeness (QED) is 0.803. The van der Waals surface area contributed by atoms with Gasteiger partial charge in [0.05, 0.1) is 6.61 Å². The number of hydrogen-bond donors (Lipinski definition) is 1. The summed E-state index contributed by atoms with van der Waals surface area (Å²) in [7, 11) is 0. The molecular formula is C9H8F4O3. The molecule has 0 saturated heterocycles. The minimum Gasteiger partial charge on any atom is -0.435 e. The van der Waals surface area contributed by atoms with Gasteiger partial charge in [0.25, 0.3) is 0 Å². The number of halogens is 4. The Kier molecular flexibility index (Phi) is 4.36. The average Bonchev–Trinajstić information content (AvgIpc) is 2.16. The van der Waals surface area contributed by atoms with Gasteiger partial charge in [0.1, 0.15) is 11.5 Å². The van der Waals surface area contributed by atoms with Crippen LogP contribution in [0.1, 0.15) is 5.56 Å². The minimum absolute atomic E-state index is 0.0573. The predicted octanol–water partition coefficient (Wildman–Crippen LogP) is 2.38. The summed E-state index contributed by atoms with van der Waals surface area (Å²) >= 11 is 0. The van der Waals surface area contributed by atoms with Gasteiger partial charge in [0.15, 0.2) is 0 Å². The third kappa shape index (κ3) is 3.58. The second-order valence-corrected chi connectivity index (χ2v) is 2.68. The summed E-state index contributed by atoms with van der Waals surface area (Å²) in [5.74, 6) is -0.710. The zero-order valence-electron chi connectivity index (χ0n) is 7.87. The summed E-state index contributed by atoms with van der Waals surface area (Å²) in [6, 6.07) is 3.15. The summed E-state index contributed by atoms with van der Waals surface area (Å²) in [6.07, 6.45) is 0. The molecule has 0 atom stereocenters. The van der Waals surface area contributed by atoms with Crippen LogP contribution in [-0.2, 0) is 6.61 Å². The Morgan fingerprint density at radius 2 is 1.69 bits per heavy atom. The number of hydrogen-bond acceptors (Lipinski definition) is 3. The van der Waals surface area contributed by atoms with Crippen LogP contribution in [0.4, 0.5) is 17.6 Å². The van der Waals surface area contributed by atoms with Crippen LogP contribution in [0.5, 0.6) is 11.5 Å². The van der Waals surface area contributed by atoms with Crippen LogP contribution >= 0.6 is 0 Å². The first kappa shape index (κ1) is 12.6. The van der Waals surface area contributed by atoms with E-state index in [0.29, 0.717) is 0 Å². The first-order valence-electron chi connectivity index (χ1n) is 4.16. The molecule has 0 radical (unpaired) electrons. The molecule has 0 heterocycles. The van der Waals surface area contributed by atoms with Crippen LogP contribution < -0.4 is 9.47 Å². The molecule has 3 nitrogen and oxygen atoms in total. The van der Waals surface area contributed by atoms with Gasteiger partial charge in [-0.15, -0.1) is 0 Å². The van der Waals surface area contributed by atoms with Gasteiger partial charge in [-0.1, -0.05) is 0 Å². The van der Waals surface area contributed by atoms with E-state index in [-0.39, 0.29) is 11.3 Å². The Morgan fingerprint density at radius 1 is 1.06 bits per heavy atom. The molecule has 0 fully saturated rings. The van der Waals surface area contributed by atoms with Crippen LogP contribution in [0.15, 0.2) is 18.2 Å². The number of aliphatic hydroxyl groups excluding tert-OH is 1. The topological polar surface area (TPSA) is 38.7 Å². The van der Waals surface area contributed by atoms with Gasteiger partial charge in [-0.2, -0.15) is 17.6 Å². The van der Waals surface area contributed by atoms with Crippen molar-refractivity contribution in [1.29, 1.82) is 0 Å². The van der Waals surface area contributed by atoms with Crippen LogP contribution in [0.2, 0.25) is 0 Å². The number of benzene rings is 1. The number of ether oxygens (including phenoxy) is 2. The fraction of sp³-hybridized carbons (Fsp3) is 0.333. The van der Waals surface area contributed by atoms with E-state index < -0.39 is 25.6 Å². The molecule has 0 aliphatic carbocycles. The highest BCUT2D eigenvalue weighted by Gasteiger charge is 2.12. The van der Waals surface area contributed by atoms with E-state index in [1.165, 1.54) is 0 Å². The van der Waals surface area contributed by atoms with Crippen molar-refractivity contribution >= 4 is 0 Å². The maximum atomic E-state index is 11.9. The van der Waals surface area contributed by atoms with Crippen molar-refractivity contribution in [2.45, 2.75) is 19.8 Å². The molecule has 0 aliphatic rings. The smallest absolute Gasteiger partial charge is 0.387 e. The van der Waals surface area contributed by atoms with Crippen LogP contribution in [0.25, 0.3) is 0 Å². The third-order valence-electron chi connectivity index (χ3n) is 1.65. The second-order valence-electron chi connectivity index (χ2n) is 2.68. The van der Waals surface area contributed by atoms with Crippen LogP contribution in [-0.4, -0.2) is 18.3 Å². The Morgan fingerprint density at radius 3 is 2.19 bits per heavy atom. The van der Waals surface area contributed by atoms with Gasteiger partial charge >= 0.3 is 13.2 Å². The first-order valence-corrected chi connectivity index (χ1v) is 4.16. The zero-order chi connectivity index (χ0) is 12.1. The average molecular weight is 240 g/mol. The molecule has 90 valence electrons. The summed E-state index contributed by atoms with van der Waals surface area (Å²) in [6.45, 7) is -6.71. The minimum atomic E-state index is -3.10. The van der Waals surface area contributed by atoms with E-state index in [0.717, 1.165) is 18.2 Å². The molecule has 1 aromatic carbocycles. The molecule has 0 amide bonds. The van der Waals surface area contributed by atoms with E-state index >= 15 is 0 Å². The lowest BCUT2D eigenvalue weighted by Gasteiger charge is -2.11. The monoisotopic (exact) mass is 240 g/mol. The first-order chi connectivity index (χ1) is 7.52. The Balaban J connectivity index is 2.91. The van der Waals surface area contributed by atoms with E-state index in [9.17, 15) is 17.6 Å². The molecule has 0 saturated carbocycles. The number of rotatable bonds is 5. The van der Waals surface area contributed by atoms with Crippen LogP contribution in [0.3, 0.4) is 0 Å². The molecule has 1 rings (SSSR count). The zero-order valence-corrected chi connectivity index (χ0v) is 7.87. The van der Waals surface area contributed by atoms with Gasteiger partial charge in [0, 0.05) is 11.6 Å². The van der Waals surface area contributed by atoms with Crippen molar-refractivity contribution in [3.8, 4) is 11.5 Å². The highest BCUT2D eigenvalue weighted by molar-refractivity contribution is 5.40. The fourth-order valence-corrected chi connectivity index (χ4v) is 1.05. The van der Waals surface area contributed by atoms with E-state index in [1.54, 1.807) is 0 Å². The fourth-order valence-electron chi connectivity index (χ4n) is 1.05. The lowest BCUT2D eigenvalue weighted by molar-refractivity contribution is -0.0549. The summed E-state index contributed by atoms with van der Waals surface area (Å²) < 4.78 is 55.6. The maximum Gasteiger partial charge on any atom is 0.387 e. The molecule has 1 aromatic rings. The van der Waals surface area contributed by atoms with Gasteiger partial charge in [0.2, 0.25) is 0 Å². The van der Waals surface area contributed by atoms with Crippen molar-refractivity contribution in [2.75, 3.05) is 0 Å². The highest BCUT2D eigenvalue weighted by Crippen LogP contribution is 2.27. The van der Waals surface area contributed by atoms with Gasteiger partial charge in [-0.3, -0.25) is 0 Å². The third-order valence-corrected chi connectivity index (χ3v) is 1.65. The molecule has 0 unspecified atom stereocenters. The van der Waals surface area contributed by atoms with E-state index in [1.807, 2.05) is 0 Å². The normalized spacial score (nSPS) is 10.9. The van der Waals surface area contributed by atoms with Gasteiger partial charge in [-0.25, -0.2) is 0 Å². The molecular weight excluding hydrogens is 232 g/mol. The lowest BCUT2D eigenvalue weighted by atomic mass is 10.2. The predicted molar refractivity (Wildman–Crippen MR) is 45.6 cm³/mol. The molecule has 0 aliphatic heterocycles. The van der Waals surface area contributed by atoms with Gasteiger partial charge < -0.3 is 14.6 Å². The van der Waals surface area contributed by atoms with Crippen molar-refractivity contribution in [1.82, 2.24) is 0 Å². The van der Waals surface area contributed by atoms with Crippen molar-refractivity contribution in [2.24, 2.45) is 0 Å². The Bertz CT molecular complexity index is 344. The molecule has 0 bridgehead atoms. The maximum absolute atomic E-state index is 11.9. The van der Waals surface area contributed by atoms with Gasteiger partial charge in [-0.05, 0) is 12.1 Å². The Labute approximate surface area is 88.2 Å². The van der Waals surface area contributed by atoms with E-state index in [2.05, 4.69) is 9.47 Å². The van der Waals surface area contributed by atoms with Crippen molar-refractivity contribution in [3.63, 3.8) is 0 Å². The van der Waals surface area contributed by atoms with E-state index in [4.69, 9.17) is 5.11 Å². The lowest BCUT2D eigenvalue weighted by Crippen LogP contribution is -2.06. The number of aliphatic hydroxyl groups is 1. The second kappa shape index (κ2) is 5.55. The summed E-state index contributed by atoms with van der Waals surface area (Å²) in [4.78, 5) is 0. The molecule has 0 aromatic heterocycles. The van der Waals surface area contributed by atoms with Crippen molar-refractivity contribution < 1.29 is 32.1 Å². The molecule has 0 spiro atoms. The summed E-state index contributed by atoms with van der Waals surface area (Å²) in [5, 5.41) is 8.79.